The van der Waals surface area contributed by atoms with Crippen molar-refractivity contribution in [3.05, 3.63) is 75.7 Å². The van der Waals surface area contributed by atoms with E-state index in [1.54, 1.807) is 11.8 Å². The van der Waals surface area contributed by atoms with Gasteiger partial charge in [0.05, 0.1) is 4.91 Å². The van der Waals surface area contributed by atoms with Gasteiger partial charge in [0.15, 0.2) is 0 Å². The average Bonchev–Trinajstić information content (AvgIpc) is 2.88. The van der Waals surface area contributed by atoms with Crippen molar-refractivity contribution in [2.24, 2.45) is 0 Å². The molecule has 2 atom stereocenters. The Morgan fingerprint density at radius 1 is 0.971 bits per heavy atom. The highest BCUT2D eigenvalue weighted by Gasteiger charge is 2.40. The SMILES string of the molecule is Cc1ccccc1CN1C(=O)/C(=C\c2ccc(C(=O)N3CCCCC3)cc2)SC2CCCCC21. The van der Waals surface area contributed by atoms with Gasteiger partial charge in [-0.1, -0.05) is 49.2 Å². The normalized spacial score (nSPS) is 24.3. The monoisotopic (exact) mass is 474 g/mol. The van der Waals surface area contributed by atoms with Crippen LogP contribution in [0.25, 0.3) is 6.08 Å². The van der Waals surface area contributed by atoms with Gasteiger partial charge < -0.3 is 9.80 Å². The van der Waals surface area contributed by atoms with Crippen LogP contribution in [0, 0.1) is 6.92 Å². The number of nitrogens with zero attached hydrogens (tertiary/aromatic N) is 2. The fourth-order valence-corrected chi connectivity index (χ4v) is 6.96. The molecule has 4 nitrogen and oxygen atoms in total. The second-order valence-electron chi connectivity index (χ2n) is 9.85. The van der Waals surface area contributed by atoms with Crippen LogP contribution in [0.2, 0.25) is 0 Å². The predicted octanol–water partition coefficient (Wildman–Crippen LogP) is 6.05. The molecule has 5 rings (SSSR count). The van der Waals surface area contributed by atoms with E-state index >= 15 is 0 Å². The van der Waals surface area contributed by atoms with E-state index in [0.717, 1.165) is 54.8 Å². The molecule has 34 heavy (non-hydrogen) atoms. The molecule has 0 bridgehead atoms. The number of hydrogen-bond acceptors (Lipinski definition) is 3. The predicted molar refractivity (Wildman–Crippen MR) is 140 cm³/mol. The van der Waals surface area contributed by atoms with Crippen molar-refractivity contribution in [2.45, 2.75) is 69.7 Å². The zero-order chi connectivity index (χ0) is 23.5. The fourth-order valence-electron chi connectivity index (χ4n) is 5.49. The van der Waals surface area contributed by atoms with Crippen molar-refractivity contribution < 1.29 is 9.59 Å². The summed E-state index contributed by atoms with van der Waals surface area (Å²) in [6, 6.07) is 16.5. The molecule has 1 saturated carbocycles. The highest BCUT2D eigenvalue weighted by Crippen LogP contribution is 2.42. The van der Waals surface area contributed by atoms with Gasteiger partial charge in [-0.15, -0.1) is 11.8 Å². The Morgan fingerprint density at radius 2 is 1.71 bits per heavy atom. The van der Waals surface area contributed by atoms with E-state index in [4.69, 9.17) is 0 Å². The number of amides is 2. The number of carbonyl (C=O) groups is 2. The number of fused-ring (bicyclic) bond motifs is 1. The van der Waals surface area contributed by atoms with Crippen molar-refractivity contribution in [3.8, 4) is 0 Å². The quantitative estimate of drug-likeness (QED) is 0.507. The molecule has 0 radical (unpaired) electrons. The van der Waals surface area contributed by atoms with Gasteiger partial charge in [0, 0.05) is 36.5 Å². The van der Waals surface area contributed by atoms with E-state index in [9.17, 15) is 9.59 Å². The maximum Gasteiger partial charge on any atom is 0.260 e. The first-order valence-electron chi connectivity index (χ1n) is 12.7. The van der Waals surface area contributed by atoms with Crippen LogP contribution in [0.15, 0.2) is 53.4 Å². The number of thioether (sulfide) groups is 1. The summed E-state index contributed by atoms with van der Waals surface area (Å²) in [5.41, 5.74) is 4.18. The first kappa shape index (κ1) is 23.2. The molecule has 0 N–H and O–H groups in total. The second kappa shape index (κ2) is 10.4. The van der Waals surface area contributed by atoms with E-state index in [2.05, 4.69) is 36.1 Å². The summed E-state index contributed by atoms with van der Waals surface area (Å²) in [6.07, 6.45) is 10.1. The molecule has 2 aliphatic heterocycles. The second-order valence-corrected chi connectivity index (χ2v) is 11.1. The standard InChI is InChI=1S/C29H34N2O2S/c1-21-9-3-4-10-24(21)20-31-25-11-5-6-12-26(25)34-27(29(31)33)19-22-13-15-23(16-14-22)28(32)30-17-7-2-8-18-30/h3-4,9-10,13-16,19,25-26H,2,5-8,11-12,17-18,20H2,1H3/b27-19+. The zero-order valence-corrected chi connectivity index (χ0v) is 20.9. The van der Waals surface area contributed by atoms with Crippen molar-refractivity contribution in [2.75, 3.05) is 13.1 Å². The van der Waals surface area contributed by atoms with Crippen LogP contribution in [-0.2, 0) is 11.3 Å². The lowest BCUT2D eigenvalue weighted by Gasteiger charge is -2.44. The molecule has 2 aromatic carbocycles. The maximum absolute atomic E-state index is 13.7. The van der Waals surface area contributed by atoms with Gasteiger partial charge >= 0.3 is 0 Å². The molecule has 2 saturated heterocycles. The largest absolute Gasteiger partial charge is 0.339 e. The van der Waals surface area contributed by atoms with Crippen LogP contribution in [0.5, 0.6) is 0 Å². The third-order valence-corrected chi connectivity index (χ3v) is 8.92. The summed E-state index contributed by atoms with van der Waals surface area (Å²) < 4.78 is 0. The molecule has 0 spiro atoms. The number of hydrogen-bond donors (Lipinski definition) is 0. The summed E-state index contributed by atoms with van der Waals surface area (Å²) in [6.45, 7) is 4.51. The lowest BCUT2D eigenvalue weighted by atomic mass is 9.92. The van der Waals surface area contributed by atoms with Gasteiger partial charge in [-0.3, -0.25) is 9.59 Å². The minimum atomic E-state index is 0.122. The van der Waals surface area contributed by atoms with Gasteiger partial charge in [0.25, 0.3) is 11.8 Å². The molecule has 3 aliphatic rings. The number of rotatable bonds is 4. The Bertz CT molecular complexity index is 1070. The van der Waals surface area contributed by atoms with E-state index in [-0.39, 0.29) is 11.8 Å². The van der Waals surface area contributed by atoms with Gasteiger partial charge in [-0.05, 0) is 73.9 Å². The van der Waals surface area contributed by atoms with Crippen LogP contribution in [0.4, 0.5) is 0 Å². The summed E-state index contributed by atoms with van der Waals surface area (Å²) in [5.74, 6) is 0.265. The van der Waals surface area contributed by atoms with Crippen LogP contribution in [-0.4, -0.2) is 46.0 Å². The first-order valence-corrected chi connectivity index (χ1v) is 13.6. The van der Waals surface area contributed by atoms with Crippen molar-refractivity contribution in [1.29, 1.82) is 0 Å². The number of benzene rings is 2. The van der Waals surface area contributed by atoms with Crippen LogP contribution >= 0.6 is 11.8 Å². The molecule has 3 fully saturated rings. The number of aryl methyl sites for hydroxylation is 1. The summed E-state index contributed by atoms with van der Waals surface area (Å²) in [7, 11) is 0. The summed E-state index contributed by atoms with van der Waals surface area (Å²) in [4.78, 5) is 31.4. The molecule has 2 aromatic rings. The molecule has 2 unspecified atom stereocenters. The molecular weight excluding hydrogens is 440 g/mol. The van der Waals surface area contributed by atoms with Gasteiger partial charge in [0.2, 0.25) is 0 Å². The van der Waals surface area contributed by atoms with Crippen LogP contribution in [0.1, 0.15) is 72.0 Å². The Labute approximate surface area is 207 Å². The van der Waals surface area contributed by atoms with Crippen LogP contribution in [0.3, 0.4) is 0 Å². The smallest absolute Gasteiger partial charge is 0.260 e. The molecule has 2 heterocycles. The highest BCUT2D eigenvalue weighted by atomic mass is 32.2. The Morgan fingerprint density at radius 3 is 2.47 bits per heavy atom. The Hall–Kier alpha value is -2.53. The highest BCUT2D eigenvalue weighted by molar-refractivity contribution is 8.04. The average molecular weight is 475 g/mol. The van der Waals surface area contributed by atoms with Crippen molar-refractivity contribution >= 4 is 29.7 Å². The lowest BCUT2D eigenvalue weighted by Crippen LogP contribution is -2.50. The van der Waals surface area contributed by atoms with Gasteiger partial charge in [-0.25, -0.2) is 0 Å². The molecule has 5 heteroatoms. The Kier molecular flexibility index (Phi) is 7.10. The van der Waals surface area contributed by atoms with E-state index in [0.29, 0.717) is 17.8 Å². The van der Waals surface area contributed by atoms with Gasteiger partial charge in [0.1, 0.15) is 0 Å². The lowest BCUT2D eigenvalue weighted by molar-refractivity contribution is -0.130. The molecule has 0 aromatic heterocycles. The zero-order valence-electron chi connectivity index (χ0n) is 20.0. The fraction of sp³-hybridized carbons (Fsp3) is 0.448. The minimum Gasteiger partial charge on any atom is -0.339 e. The van der Waals surface area contributed by atoms with E-state index in [1.807, 2.05) is 35.2 Å². The number of piperidine rings is 1. The van der Waals surface area contributed by atoms with E-state index in [1.165, 1.54) is 30.4 Å². The van der Waals surface area contributed by atoms with Crippen molar-refractivity contribution in [3.63, 3.8) is 0 Å². The molecular formula is C29H34N2O2S. The molecule has 178 valence electrons. The number of likely N-dealkylation sites (tertiary alicyclic amines) is 1. The minimum absolute atomic E-state index is 0.122. The third kappa shape index (κ3) is 4.95. The molecule has 1 aliphatic carbocycles. The summed E-state index contributed by atoms with van der Waals surface area (Å²) >= 11 is 1.76. The van der Waals surface area contributed by atoms with Gasteiger partial charge in [-0.2, -0.15) is 0 Å². The first-order chi connectivity index (χ1) is 16.6. The maximum atomic E-state index is 13.7. The number of carbonyl (C=O) groups excluding carboxylic acids is 2. The summed E-state index contributed by atoms with van der Waals surface area (Å²) in [5, 5.41) is 0.460. The van der Waals surface area contributed by atoms with Crippen molar-refractivity contribution in [1.82, 2.24) is 9.80 Å². The molecule has 2 amide bonds. The van der Waals surface area contributed by atoms with E-state index < -0.39 is 0 Å². The third-order valence-electron chi connectivity index (χ3n) is 7.52. The Balaban J connectivity index is 1.36. The van der Waals surface area contributed by atoms with Crippen LogP contribution < -0.4 is 0 Å². The topological polar surface area (TPSA) is 40.6 Å².